The number of nitrogen functional groups attached to an aromatic ring is 1. The van der Waals surface area contributed by atoms with Crippen LogP contribution in [0.15, 0.2) is 97.2 Å². The Kier molecular flexibility index (Phi) is 3.82. The molecule has 3 heteroatoms. The number of hydrogen-bond acceptors (Lipinski definition) is 2. The fourth-order valence-electron chi connectivity index (χ4n) is 3.54. The van der Waals surface area contributed by atoms with Gasteiger partial charge in [-0.15, -0.1) is 0 Å². The van der Waals surface area contributed by atoms with Crippen LogP contribution in [0.25, 0.3) is 0 Å². The minimum atomic E-state index is -0.530. The van der Waals surface area contributed by atoms with E-state index in [-0.39, 0.29) is 0 Å². The third-order valence-corrected chi connectivity index (χ3v) is 4.60. The normalized spacial score (nSPS) is 11.4. The number of nitrogens with zero attached hydrogens (tertiary/aromatic N) is 1. The standard InChI is InChI=1S/C22H19N3/c23-21-24-16-20(25-21)22(17-10-4-1-5-11-17,18-12-6-2-7-13-18)19-14-8-3-9-15-19/h1-16H,(H3,23,24,25). The smallest absolute Gasteiger partial charge is 0.197 e. The monoisotopic (exact) mass is 325 g/mol. The molecule has 3 aromatic carbocycles. The maximum atomic E-state index is 5.94. The minimum absolute atomic E-state index is 0.419. The molecule has 0 aliphatic carbocycles. The SMILES string of the molecule is Nc1nc(C(c2ccccc2)(c2ccccc2)c2ccccc2)c[nH]1. The van der Waals surface area contributed by atoms with E-state index in [1.807, 2.05) is 24.4 Å². The molecule has 0 fully saturated rings. The number of aromatic amines is 1. The molecule has 0 aliphatic rings. The van der Waals surface area contributed by atoms with Crippen LogP contribution in [0.1, 0.15) is 22.4 Å². The Balaban J connectivity index is 2.12. The summed E-state index contributed by atoms with van der Waals surface area (Å²) in [5.41, 5.74) is 9.75. The Morgan fingerprint density at radius 1 is 0.640 bits per heavy atom. The highest BCUT2D eigenvalue weighted by molar-refractivity contribution is 5.58. The van der Waals surface area contributed by atoms with Crippen molar-refractivity contribution in [2.24, 2.45) is 0 Å². The molecular weight excluding hydrogens is 306 g/mol. The number of hydrogen-bond donors (Lipinski definition) is 2. The lowest BCUT2D eigenvalue weighted by molar-refractivity contribution is 0.721. The van der Waals surface area contributed by atoms with Gasteiger partial charge in [-0.3, -0.25) is 0 Å². The molecule has 0 spiro atoms. The van der Waals surface area contributed by atoms with Crippen molar-refractivity contribution in [2.45, 2.75) is 5.41 Å². The van der Waals surface area contributed by atoms with Gasteiger partial charge in [0, 0.05) is 6.20 Å². The Morgan fingerprint density at radius 3 is 1.36 bits per heavy atom. The second-order valence-electron chi connectivity index (χ2n) is 6.02. The number of H-pyrrole nitrogens is 1. The number of imidazole rings is 1. The second kappa shape index (κ2) is 6.29. The maximum Gasteiger partial charge on any atom is 0.197 e. The highest BCUT2D eigenvalue weighted by Crippen LogP contribution is 2.44. The van der Waals surface area contributed by atoms with Gasteiger partial charge in [-0.25, -0.2) is 4.98 Å². The van der Waals surface area contributed by atoms with Crippen molar-refractivity contribution >= 4 is 5.95 Å². The van der Waals surface area contributed by atoms with Crippen molar-refractivity contribution in [2.75, 3.05) is 5.73 Å². The average Bonchev–Trinajstić information content (AvgIpc) is 3.12. The predicted octanol–water partition coefficient (Wildman–Crippen LogP) is 4.37. The van der Waals surface area contributed by atoms with Crippen LogP contribution in [0, 0.1) is 0 Å². The lowest BCUT2D eigenvalue weighted by atomic mass is 9.67. The summed E-state index contributed by atoms with van der Waals surface area (Å²) in [7, 11) is 0. The number of anilines is 1. The van der Waals surface area contributed by atoms with Gasteiger partial charge in [0.05, 0.1) is 11.1 Å². The molecule has 4 rings (SSSR count). The lowest BCUT2D eigenvalue weighted by Crippen LogP contribution is -2.31. The van der Waals surface area contributed by atoms with E-state index in [1.165, 1.54) is 0 Å². The molecule has 0 aliphatic heterocycles. The first kappa shape index (κ1) is 15.2. The summed E-state index contributed by atoms with van der Waals surface area (Å²) in [6, 6.07) is 31.3. The van der Waals surface area contributed by atoms with Crippen LogP contribution in [0.2, 0.25) is 0 Å². The number of benzene rings is 3. The quantitative estimate of drug-likeness (QED) is 0.547. The Hall–Kier alpha value is -3.33. The molecule has 0 bridgehead atoms. The van der Waals surface area contributed by atoms with Gasteiger partial charge in [0.25, 0.3) is 0 Å². The minimum Gasteiger partial charge on any atom is -0.369 e. The Morgan fingerprint density at radius 2 is 1.04 bits per heavy atom. The molecule has 0 unspecified atom stereocenters. The number of rotatable bonds is 4. The van der Waals surface area contributed by atoms with E-state index < -0.39 is 5.41 Å². The molecule has 25 heavy (non-hydrogen) atoms. The zero-order valence-corrected chi connectivity index (χ0v) is 13.8. The first-order valence-electron chi connectivity index (χ1n) is 8.30. The fraction of sp³-hybridized carbons (Fsp3) is 0.0455. The summed E-state index contributed by atoms with van der Waals surface area (Å²) in [5.74, 6) is 0.419. The molecule has 0 radical (unpaired) electrons. The van der Waals surface area contributed by atoms with E-state index >= 15 is 0 Å². The van der Waals surface area contributed by atoms with E-state index in [9.17, 15) is 0 Å². The van der Waals surface area contributed by atoms with Crippen molar-refractivity contribution in [1.82, 2.24) is 9.97 Å². The van der Waals surface area contributed by atoms with E-state index in [2.05, 4.69) is 82.8 Å². The largest absolute Gasteiger partial charge is 0.369 e. The summed E-state index contributed by atoms with van der Waals surface area (Å²) in [4.78, 5) is 7.68. The van der Waals surface area contributed by atoms with Gasteiger partial charge in [-0.2, -0.15) is 0 Å². The molecule has 122 valence electrons. The van der Waals surface area contributed by atoms with Crippen LogP contribution in [-0.2, 0) is 5.41 Å². The Labute approximate surface area is 147 Å². The van der Waals surface area contributed by atoms with Gasteiger partial charge in [-0.1, -0.05) is 91.0 Å². The molecular formula is C22H19N3. The third kappa shape index (κ3) is 2.50. The number of nitrogens with one attached hydrogen (secondary N) is 1. The summed E-state index contributed by atoms with van der Waals surface area (Å²) in [6.07, 6.45) is 1.91. The van der Waals surface area contributed by atoms with Crippen LogP contribution < -0.4 is 5.73 Å². The Bertz CT molecular complexity index is 848. The van der Waals surface area contributed by atoms with Gasteiger partial charge in [0.15, 0.2) is 5.95 Å². The van der Waals surface area contributed by atoms with Crippen LogP contribution in [-0.4, -0.2) is 9.97 Å². The maximum absolute atomic E-state index is 5.94. The summed E-state index contributed by atoms with van der Waals surface area (Å²) < 4.78 is 0. The van der Waals surface area contributed by atoms with Crippen LogP contribution >= 0.6 is 0 Å². The highest BCUT2D eigenvalue weighted by Gasteiger charge is 2.40. The van der Waals surface area contributed by atoms with Gasteiger partial charge >= 0.3 is 0 Å². The molecule has 0 amide bonds. The molecule has 3 nitrogen and oxygen atoms in total. The average molecular weight is 325 g/mol. The summed E-state index contributed by atoms with van der Waals surface area (Å²) >= 11 is 0. The third-order valence-electron chi connectivity index (χ3n) is 4.60. The number of nitrogens with two attached hydrogens (primary N) is 1. The van der Waals surface area contributed by atoms with E-state index in [4.69, 9.17) is 5.73 Å². The molecule has 1 aromatic heterocycles. The van der Waals surface area contributed by atoms with Crippen molar-refractivity contribution in [3.63, 3.8) is 0 Å². The van der Waals surface area contributed by atoms with Gasteiger partial charge in [0.2, 0.25) is 0 Å². The molecule has 1 heterocycles. The first-order chi connectivity index (χ1) is 12.3. The molecule has 0 saturated heterocycles. The molecule has 0 atom stereocenters. The summed E-state index contributed by atoms with van der Waals surface area (Å²) in [5, 5.41) is 0. The fourth-order valence-corrected chi connectivity index (χ4v) is 3.54. The van der Waals surface area contributed by atoms with Crippen LogP contribution in [0.5, 0.6) is 0 Å². The molecule has 4 aromatic rings. The van der Waals surface area contributed by atoms with Crippen molar-refractivity contribution < 1.29 is 0 Å². The van der Waals surface area contributed by atoms with Gasteiger partial charge in [-0.05, 0) is 16.7 Å². The lowest BCUT2D eigenvalue weighted by Gasteiger charge is -2.34. The van der Waals surface area contributed by atoms with Crippen molar-refractivity contribution in [3.8, 4) is 0 Å². The van der Waals surface area contributed by atoms with Crippen molar-refractivity contribution in [1.29, 1.82) is 0 Å². The topological polar surface area (TPSA) is 54.7 Å². The molecule has 0 saturated carbocycles. The summed E-state index contributed by atoms with van der Waals surface area (Å²) in [6.45, 7) is 0. The number of aromatic nitrogens is 2. The van der Waals surface area contributed by atoms with Gasteiger partial charge in [0.1, 0.15) is 0 Å². The van der Waals surface area contributed by atoms with Crippen molar-refractivity contribution in [3.05, 3.63) is 120 Å². The van der Waals surface area contributed by atoms with Crippen LogP contribution in [0.3, 0.4) is 0 Å². The van der Waals surface area contributed by atoms with E-state index in [1.54, 1.807) is 0 Å². The zero-order valence-electron chi connectivity index (χ0n) is 13.8. The van der Waals surface area contributed by atoms with E-state index in [0.29, 0.717) is 5.95 Å². The van der Waals surface area contributed by atoms with E-state index in [0.717, 1.165) is 22.4 Å². The second-order valence-corrected chi connectivity index (χ2v) is 6.02. The highest BCUT2D eigenvalue weighted by atomic mass is 15.0. The predicted molar refractivity (Wildman–Crippen MR) is 101 cm³/mol. The van der Waals surface area contributed by atoms with Crippen LogP contribution in [0.4, 0.5) is 5.95 Å². The molecule has 3 N–H and O–H groups in total. The zero-order chi connectivity index (χ0) is 17.1. The first-order valence-corrected chi connectivity index (χ1v) is 8.30. The van der Waals surface area contributed by atoms with Gasteiger partial charge < -0.3 is 10.7 Å².